The zero-order valence-electron chi connectivity index (χ0n) is 31.3. The van der Waals surface area contributed by atoms with Crippen molar-refractivity contribution in [3.63, 3.8) is 0 Å². The smallest absolute Gasteiger partial charge is 0.234 e. The number of benzene rings is 1. The van der Waals surface area contributed by atoms with Gasteiger partial charge in [0.05, 0.1) is 47.5 Å². The predicted molar refractivity (Wildman–Crippen MR) is 209 cm³/mol. The highest BCUT2D eigenvalue weighted by atomic mass is 16.2. The highest BCUT2D eigenvalue weighted by molar-refractivity contribution is 6.01. The molecule has 5 aromatic rings. The topological polar surface area (TPSA) is 213 Å². The van der Waals surface area contributed by atoms with Gasteiger partial charge in [0.2, 0.25) is 11.8 Å². The van der Waals surface area contributed by atoms with E-state index in [1.165, 1.54) is 12.1 Å². The molecule has 56 heavy (non-hydrogen) atoms. The average molecular weight is 753 g/mol. The van der Waals surface area contributed by atoms with Crippen molar-refractivity contribution in [1.29, 1.82) is 10.5 Å². The Bertz CT molecular complexity index is 2320. The first-order valence-corrected chi connectivity index (χ1v) is 19.3. The van der Waals surface area contributed by atoms with Crippen LogP contribution in [0.5, 0.6) is 0 Å². The summed E-state index contributed by atoms with van der Waals surface area (Å²) in [5, 5.41) is 38.8. The van der Waals surface area contributed by atoms with Gasteiger partial charge in [-0.05, 0) is 81.7 Å². The highest BCUT2D eigenvalue weighted by Gasteiger charge is 2.29. The Morgan fingerprint density at radius 3 is 2.54 bits per heavy atom. The number of aromatic nitrogens is 7. The van der Waals surface area contributed by atoms with Gasteiger partial charge in [-0.2, -0.15) is 20.3 Å². The Labute approximate surface area is 324 Å². The van der Waals surface area contributed by atoms with Crippen molar-refractivity contribution in [2.24, 2.45) is 5.92 Å². The van der Waals surface area contributed by atoms with Crippen LogP contribution in [0.4, 0.5) is 17.2 Å². The minimum absolute atomic E-state index is 0.114. The molecule has 8 rings (SSSR count). The lowest BCUT2D eigenvalue weighted by molar-refractivity contribution is -0.134. The zero-order chi connectivity index (χ0) is 38.8. The summed E-state index contributed by atoms with van der Waals surface area (Å²) in [6, 6.07) is 15.5. The van der Waals surface area contributed by atoms with Gasteiger partial charge in [0.1, 0.15) is 23.6 Å². The molecule has 6 heterocycles. The number of piperazine rings is 1. The third-order valence-corrected chi connectivity index (χ3v) is 11.5. The van der Waals surface area contributed by atoms with Crippen molar-refractivity contribution < 1.29 is 9.59 Å². The lowest BCUT2D eigenvalue weighted by Gasteiger charge is -2.37. The molecule has 2 unspecified atom stereocenters. The van der Waals surface area contributed by atoms with Gasteiger partial charge < -0.3 is 16.0 Å². The summed E-state index contributed by atoms with van der Waals surface area (Å²) >= 11 is 0. The van der Waals surface area contributed by atoms with Gasteiger partial charge in [-0.3, -0.25) is 19.8 Å². The van der Waals surface area contributed by atoms with Gasteiger partial charge in [0.15, 0.2) is 11.5 Å². The molecule has 1 aliphatic carbocycles. The summed E-state index contributed by atoms with van der Waals surface area (Å²) in [4.78, 5) is 37.9. The average Bonchev–Trinajstić information content (AvgIpc) is 3.88. The minimum atomic E-state index is -0.488. The van der Waals surface area contributed by atoms with Crippen LogP contribution in [0.15, 0.2) is 55.0 Å². The fourth-order valence-electron chi connectivity index (χ4n) is 8.20. The normalized spacial score (nSPS) is 21.0. The van der Waals surface area contributed by atoms with Crippen LogP contribution in [0.3, 0.4) is 0 Å². The quantitative estimate of drug-likeness (QED) is 0.171. The largest absolute Gasteiger partial charge is 0.383 e. The Hall–Kier alpha value is -6.39. The van der Waals surface area contributed by atoms with E-state index in [1.807, 2.05) is 24.4 Å². The van der Waals surface area contributed by atoms with E-state index in [-0.39, 0.29) is 29.1 Å². The van der Waals surface area contributed by atoms with Crippen molar-refractivity contribution >= 4 is 40.0 Å². The number of nitrogens with two attached hydrogens (primary N) is 1. The molecule has 16 heteroatoms. The van der Waals surface area contributed by atoms with Crippen LogP contribution in [0.1, 0.15) is 80.5 Å². The van der Waals surface area contributed by atoms with Crippen molar-refractivity contribution in [3.8, 4) is 23.6 Å². The van der Waals surface area contributed by atoms with Crippen LogP contribution >= 0.6 is 0 Å². The molecule has 2 amide bonds. The molecule has 4 N–H and O–H groups in total. The molecule has 0 spiro atoms. The van der Waals surface area contributed by atoms with Crippen molar-refractivity contribution in [3.05, 3.63) is 71.8 Å². The second-order valence-corrected chi connectivity index (χ2v) is 15.1. The number of anilines is 3. The number of piperidine rings is 1. The molecular weight excluding hydrogens is 709 g/mol. The number of nitrogens with one attached hydrogen (secondary N) is 2. The molecule has 0 bridgehead atoms. The number of carbonyl (C=O) groups excluding carboxylic acids is 2. The lowest BCUT2D eigenvalue weighted by atomic mass is 9.79. The molecule has 0 radical (unpaired) electrons. The van der Waals surface area contributed by atoms with E-state index < -0.39 is 6.04 Å². The summed E-state index contributed by atoms with van der Waals surface area (Å²) in [6.45, 7) is 6.88. The predicted octanol–water partition coefficient (Wildman–Crippen LogP) is 4.18. The maximum Gasteiger partial charge on any atom is 0.234 e. The van der Waals surface area contributed by atoms with Crippen LogP contribution in [0.25, 0.3) is 22.5 Å². The monoisotopic (exact) mass is 752 g/mol. The number of amides is 2. The summed E-state index contributed by atoms with van der Waals surface area (Å²) < 4.78 is 3.27. The number of nitrogen functional groups attached to an aromatic ring is 1. The van der Waals surface area contributed by atoms with E-state index in [1.54, 1.807) is 40.8 Å². The first-order valence-electron chi connectivity index (χ1n) is 19.3. The van der Waals surface area contributed by atoms with Gasteiger partial charge in [-0.1, -0.05) is 17.3 Å². The van der Waals surface area contributed by atoms with Crippen molar-refractivity contribution in [2.75, 3.05) is 48.7 Å². The molecule has 3 fully saturated rings. The summed E-state index contributed by atoms with van der Waals surface area (Å²) in [7, 11) is 0. The fraction of sp³-hybridized carbons (Fsp3) is 0.425. The van der Waals surface area contributed by atoms with Crippen LogP contribution < -0.4 is 21.3 Å². The number of nitrogens with zero attached hydrogens (tertiary/aromatic N) is 11. The van der Waals surface area contributed by atoms with Gasteiger partial charge >= 0.3 is 0 Å². The Balaban J connectivity index is 0.844. The second-order valence-electron chi connectivity index (χ2n) is 15.1. The van der Waals surface area contributed by atoms with Gasteiger partial charge in [-0.25, -0.2) is 14.6 Å². The number of hydrogen-bond acceptors (Lipinski definition) is 13. The Kier molecular flexibility index (Phi) is 10.3. The van der Waals surface area contributed by atoms with Gasteiger partial charge in [0, 0.05) is 55.7 Å². The maximum absolute atomic E-state index is 12.3. The van der Waals surface area contributed by atoms with Crippen LogP contribution in [-0.4, -0.2) is 90.2 Å². The molecule has 1 saturated carbocycles. The van der Waals surface area contributed by atoms with Crippen molar-refractivity contribution in [1.82, 2.24) is 45.0 Å². The molecular formula is C40H44N14O2. The molecule has 2 saturated heterocycles. The number of fused-ring (bicyclic) bond motifs is 1. The van der Waals surface area contributed by atoms with E-state index >= 15 is 0 Å². The molecule has 16 nitrogen and oxygen atoms in total. The van der Waals surface area contributed by atoms with E-state index in [2.05, 4.69) is 64.0 Å². The van der Waals surface area contributed by atoms with Crippen molar-refractivity contribution in [2.45, 2.75) is 69.7 Å². The maximum atomic E-state index is 12.3. The Morgan fingerprint density at radius 2 is 1.80 bits per heavy atom. The van der Waals surface area contributed by atoms with E-state index in [0.717, 1.165) is 69.7 Å². The molecule has 286 valence electrons. The first-order chi connectivity index (χ1) is 27.3. The van der Waals surface area contributed by atoms with E-state index in [9.17, 15) is 20.1 Å². The van der Waals surface area contributed by atoms with Gasteiger partial charge in [0.25, 0.3) is 0 Å². The van der Waals surface area contributed by atoms with E-state index in [0.29, 0.717) is 52.9 Å². The lowest BCUT2D eigenvalue weighted by Crippen LogP contribution is -2.47. The summed E-state index contributed by atoms with van der Waals surface area (Å²) in [6.07, 6.45) is 11.9. The summed E-state index contributed by atoms with van der Waals surface area (Å²) in [5.41, 5.74) is 11.1. The number of imide groups is 1. The number of hydrogen-bond donors (Lipinski definition) is 3. The molecule has 3 aliphatic rings. The molecule has 2 aliphatic heterocycles. The number of rotatable bonds is 10. The fourth-order valence-corrected chi connectivity index (χ4v) is 8.20. The highest BCUT2D eigenvalue weighted by Crippen LogP contribution is 2.37. The molecule has 1 aromatic carbocycles. The van der Waals surface area contributed by atoms with Crippen LogP contribution in [0, 0.1) is 28.6 Å². The third-order valence-electron chi connectivity index (χ3n) is 11.5. The number of pyridine rings is 2. The SMILES string of the molecule is CC(C#N)Nc1cc(-n2ncc3cc(C#N)c(N)nc32)ncc1-n1cc(C2CCC(CCN3CCN(c4ccc(C5CCC(=O)NC5=O)cc4)CC3)CC2)nn1. The molecule has 4 aromatic heterocycles. The van der Waals surface area contributed by atoms with E-state index in [4.69, 9.17) is 5.73 Å². The third kappa shape index (κ3) is 7.61. The van der Waals surface area contributed by atoms with Gasteiger partial charge in [-0.15, -0.1) is 5.10 Å². The Morgan fingerprint density at radius 1 is 1.02 bits per heavy atom. The second kappa shape index (κ2) is 15.8. The van der Waals surface area contributed by atoms with Crippen LogP contribution in [0.2, 0.25) is 0 Å². The minimum Gasteiger partial charge on any atom is -0.383 e. The molecule has 2 atom stereocenters. The zero-order valence-corrected chi connectivity index (χ0v) is 31.3. The number of carbonyl (C=O) groups is 2. The van der Waals surface area contributed by atoms with Crippen LogP contribution in [-0.2, 0) is 9.59 Å². The number of nitriles is 2. The standard InChI is InChI=1S/C40H44N14O2/c1-25(20-41)46-33-19-36(54-39-30(22-45-54)18-29(21-42)38(43)48-39)44-23-35(33)53-24-34(49-50-53)28-4-2-26(3-5-28)12-13-51-14-16-52(17-15-51)31-8-6-27(7-9-31)32-10-11-37(55)47-40(32)56/h6-9,18-19,22-26,28,32H,2-5,10-17H2,1H3,(H2,43,48)(H,44,46)(H,47,55,56). The first kappa shape index (κ1) is 36.6. The summed E-state index contributed by atoms with van der Waals surface area (Å²) in [5.74, 6) is 0.965.